The van der Waals surface area contributed by atoms with Gasteiger partial charge in [0, 0.05) is 11.3 Å². The lowest BCUT2D eigenvalue weighted by molar-refractivity contribution is -0.121. The minimum Gasteiger partial charge on any atom is -0.482 e. The van der Waals surface area contributed by atoms with E-state index in [1.165, 1.54) is 24.3 Å². The first kappa shape index (κ1) is 18.7. The Morgan fingerprint density at radius 1 is 1.07 bits per heavy atom. The Hall–Kier alpha value is -3.67. The highest BCUT2D eigenvalue weighted by Gasteiger charge is 2.26. The van der Waals surface area contributed by atoms with Crippen LogP contribution in [-0.4, -0.2) is 18.4 Å². The van der Waals surface area contributed by atoms with Gasteiger partial charge in [-0.25, -0.2) is 4.39 Å². The number of carbonyl (C=O) groups is 2. The van der Waals surface area contributed by atoms with E-state index >= 15 is 0 Å². The Kier molecular flexibility index (Phi) is 4.99. The van der Waals surface area contributed by atoms with E-state index in [9.17, 15) is 14.0 Å². The third-order valence-corrected chi connectivity index (χ3v) is 4.73. The molecule has 3 aromatic rings. The van der Waals surface area contributed by atoms with Gasteiger partial charge < -0.3 is 15.0 Å². The smallest absolute Gasteiger partial charge is 0.265 e. The normalized spacial score (nSPS) is 12.9. The van der Waals surface area contributed by atoms with Crippen LogP contribution in [0.4, 0.5) is 15.8 Å². The summed E-state index contributed by atoms with van der Waals surface area (Å²) in [4.78, 5) is 26.6. The van der Waals surface area contributed by atoms with Crippen LogP contribution in [0.1, 0.15) is 21.5 Å². The van der Waals surface area contributed by atoms with Crippen LogP contribution in [-0.2, 0) is 11.3 Å². The zero-order chi connectivity index (χ0) is 20.4. The monoisotopic (exact) mass is 390 g/mol. The SMILES string of the molecule is Cc1ccc(CN2C(=O)COc3ccc(NC(=O)c4ccc(F)cc4)cc32)cc1. The number of anilines is 2. The van der Waals surface area contributed by atoms with Gasteiger partial charge in [0.05, 0.1) is 12.2 Å². The van der Waals surface area contributed by atoms with Crippen LogP contribution in [0, 0.1) is 12.7 Å². The molecule has 0 unspecified atom stereocenters. The maximum Gasteiger partial charge on any atom is 0.265 e. The number of aryl methyl sites for hydroxylation is 1. The predicted octanol–water partition coefficient (Wildman–Crippen LogP) is 4.31. The minimum atomic E-state index is -0.405. The summed E-state index contributed by atoms with van der Waals surface area (Å²) < 4.78 is 18.6. The molecule has 1 N–H and O–H groups in total. The van der Waals surface area contributed by atoms with E-state index in [0.29, 0.717) is 29.2 Å². The van der Waals surface area contributed by atoms with Crippen molar-refractivity contribution in [3.63, 3.8) is 0 Å². The summed E-state index contributed by atoms with van der Waals surface area (Å²) in [6, 6.07) is 18.4. The van der Waals surface area contributed by atoms with Crippen LogP contribution in [0.3, 0.4) is 0 Å². The molecular weight excluding hydrogens is 371 g/mol. The first-order valence-corrected chi connectivity index (χ1v) is 9.19. The van der Waals surface area contributed by atoms with E-state index in [4.69, 9.17) is 4.74 Å². The highest BCUT2D eigenvalue weighted by molar-refractivity contribution is 6.05. The molecule has 0 saturated heterocycles. The number of ether oxygens (including phenoxy) is 1. The van der Waals surface area contributed by atoms with Crippen LogP contribution in [0.2, 0.25) is 0 Å². The van der Waals surface area contributed by atoms with Crippen LogP contribution >= 0.6 is 0 Å². The second kappa shape index (κ2) is 7.75. The molecule has 1 aliphatic heterocycles. The van der Waals surface area contributed by atoms with Crippen molar-refractivity contribution in [3.8, 4) is 5.75 Å². The van der Waals surface area contributed by atoms with Gasteiger partial charge in [-0.05, 0) is 55.0 Å². The van der Waals surface area contributed by atoms with Crippen molar-refractivity contribution >= 4 is 23.2 Å². The fourth-order valence-electron chi connectivity index (χ4n) is 3.13. The van der Waals surface area contributed by atoms with E-state index < -0.39 is 5.82 Å². The lowest BCUT2D eigenvalue weighted by atomic mass is 10.1. The van der Waals surface area contributed by atoms with Gasteiger partial charge in [-0.2, -0.15) is 0 Å². The Labute approximate surface area is 167 Å². The van der Waals surface area contributed by atoms with E-state index in [0.717, 1.165) is 11.1 Å². The largest absolute Gasteiger partial charge is 0.482 e. The van der Waals surface area contributed by atoms with Crippen molar-refractivity contribution in [3.05, 3.63) is 89.2 Å². The standard InChI is InChI=1S/C23H19FN2O3/c1-15-2-4-16(5-3-15)13-26-20-12-19(10-11-21(20)29-14-22(26)27)25-23(28)17-6-8-18(24)9-7-17/h2-12H,13-14H2,1H3,(H,25,28). The molecule has 0 radical (unpaired) electrons. The van der Waals surface area contributed by atoms with E-state index in [1.807, 2.05) is 31.2 Å². The van der Waals surface area contributed by atoms with Crippen LogP contribution in [0.15, 0.2) is 66.7 Å². The number of amides is 2. The summed E-state index contributed by atoms with van der Waals surface area (Å²) in [5.41, 5.74) is 3.60. The molecule has 1 heterocycles. The molecule has 0 saturated carbocycles. The van der Waals surface area contributed by atoms with Crippen molar-refractivity contribution in [2.24, 2.45) is 0 Å². The number of benzene rings is 3. The lowest BCUT2D eigenvalue weighted by Crippen LogP contribution is -2.38. The number of carbonyl (C=O) groups excluding carboxylic acids is 2. The van der Waals surface area contributed by atoms with E-state index in [2.05, 4.69) is 5.32 Å². The van der Waals surface area contributed by atoms with Crippen molar-refractivity contribution in [2.45, 2.75) is 13.5 Å². The second-order valence-corrected chi connectivity index (χ2v) is 6.90. The molecule has 0 spiro atoms. The van der Waals surface area contributed by atoms with Crippen molar-refractivity contribution in [1.29, 1.82) is 0 Å². The zero-order valence-corrected chi connectivity index (χ0v) is 15.8. The van der Waals surface area contributed by atoms with Gasteiger partial charge in [0.1, 0.15) is 11.6 Å². The molecule has 0 fully saturated rings. The first-order chi connectivity index (χ1) is 14.0. The zero-order valence-electron chi connectivity index (χ0n) is 15.8. The van der Waals surface area contributed by atoms with E-state index in [1.54, 1.807) is 23.1 Å². The summed E-state index contributed by atoms with van der Waals surface area (Å²) in [5, 5.41) is 2.78. The van der Waals surface area contributed by atoms with Crippen LogP contribution in [0.25, 0.3) is 0 Å². The molecule has 29 heavy (non-hydrogen) atoms. The molecule has 4 rings (SSSR count). The Morgan fingerprint density at radius 2 is 1.79 bits per heavy atom. The predicted molar refractivity (Wildman–Crippen MR) is 109 cm³/mol. The van der Waals surface area contributed by atoms with Gasteiger partial charge in [0.15, 0.2) is 6.61 Å². The quantitative estimate of drug-likeness (QED) is 0.722. The van der Waals surface area contributed by atoms with Crippen molar-refractivity contribution in [1.82, 2.24) is 0 Å². The Bertz CT molecular complexity index is 1060. The summed E-state index contributed by atoms with van der Waals surface area (Å²) in [5.74, 6) is -0.340. The maximum absolute atomic E-state index is 13.1. The number of hydrogen-bond donors (Lipinski definition) is 1. The highest BCUT2D eigenvalue weighted by atomic mass is 19.1. The average Bonchev–Trinajstić information content (AvgIpc) is 2.72. The van der Waals surface area contributed by atoms with Gasteiger partial charge in [0.2, 0.25) is 0 Å². The minimum absolute atomic E-state index is 0.0276. The average molecular weight is 390 g/mol. The fourth-order valence-corrected chi connectivity index (χ4v) is 3.13. The fraction of sp³-hybridized carbons (Fsp3) is 0.130. The second-order valence-electron chi connectivity index (χ2n) is 6.90. The molecule has 0 aromatic heterocycles. The molecular formula is C23H19FN2O3. The number of fused-ring (bicyclic) bond motifs is 1. The Morgan fingerprint density at radius 3 is 2.52 bits per heavy atom. The molecule has 5 nitrogen and oxygen atoms in total. The molecule has 2 amide bonds. The first-order valence-electron chi connectivity index (χ1n) is 9.19. The van der Waals surface area contributed by atoms with Crippen molar-refractivity contribution < 1.29 is 18.7 Å². The highest BCUT2D eigenvalue weighted by Crippen LogP contribution is 2.35. The third-order valence-electron chi connectivity index (χ3n) is 4.73. The van der Waals surface area contributed by atoms with Crippen LogP contribution < -0.4 is 15.0 Å². The van der Waals surface area contributed by atoms with Gasteiger partial charge >= 0.3 is 0 Å². The molecule has 0 bridgehead atoms. The molecule has 0 atom stereocenters. The molecule has 3 aromatic carbocycles. The summed E-state index contributed by atoms with van der Waals surface area (Å²) in [6.45, 7) is 2.39. The summed E-state index contributed by atoms with van der Waals surface area (Å²) in [6.07, 6.45) is 0. The molecule has 146 valence electrons. The van der Waals surface area contributed by atoms with Gasteiger partial charge in [-0.15, -0.1) is 0 Å². The van der Waals surface area contributed by atoms with Gasteiger partial charge in [0.25, 0.3) is 11.8 Å². The molecule has 6 heteroatoms. The molecule has 1 aliphatic rings. The summed E-state index contributed by atoms with van der Waals surface area (Å²) >= 11 is 0. The lowest BCUT2D eigenvalue weighted by Gasteiger charge is -2.30. The topological polar surface area (TPSA) is 58.6 Å². The maximum atomic E-state index is 13.1. The molecule has 0 aliphatic carbocycles. The number of halogens is 1. The van der Waals surface area contributed by atoms with Crippen LogP contribution in [0.5, 0.6) is 5.75 Å². The van der Waals surface area contributed by atoms with Crippen molar-refractivity contribution in [2.75, 3.05) is 16.8 Å². The number of nitrogens with one attached hydrogen (secondary N) is 1. The van der Waals surface area contributed by atoms with Gasteiger partial charge in [-0.1, -0.05) is 29.8 Å². The Balaban J connectivity index is 1.59. The number of nitrogens with zero attached hydrogens (tertiary/aromatic N) is 1. The summed E-state index contributed by atoms with van der Waals surface area (Å²) in [7, 11) is 0. The van der Waals surface area contributed by atoms with Gasteiger partial charge in [-0.3, -0.25) is 9.59 Å². The number of rotatable bonds is 4. The third kappa shape index (κ3) is 4.11. The number of hydrogen-bond acceptors (Lipinski definition) is 3. The van der Waals surface area contributed by atoms with E-state index in [-0.39, 0.29) is 18.4 Å².